The zero-order valence-electron chi connectivity index (χ0n) is 10.3. The van der Waals surface area contributed by atoms with Gasteiger partial charge in [-0.3, -0.25) is 0 Å². The first kappa shape index (κ1) is 11.8. The smallest absolute Gasteiger partial charge is 0.184 e. The monoisotopic (exact) mass is 268 g/mol. The minimum atomic E-state index is -0.836. The van der Waals surface area contributed by atoms with Gasteiger partial charge in [-0.15, -0.1) is 0 Å². The third-order valence-corrected chi connectivity index (χ3v) is 4.17. The second-order valence-corrected chi connectivity index (χ2v) is 5.84. The Bertz CT molecular complexity index is 680. The van der Waals surface area contributed by atoms with Gasteiger partial charge in [-0.25, -0.2) is 8.78 Å². The van der Waals surface area contributed by atoms with Crippen LogP contribution in [0, 0.1) is 22.3 Å². The summed E-state index contributed by atoms with van der Waals surface area (Å²) in [7, 11) is 0. The molecule has 1 N–H and O–H groups in total. The molecule has 0 spiro atoms. The second-order valence-electron chi connectivity index (χ2n) is 5.45. The van der Waals surface area contributed by atoms with E-state index in [2.05, 4.69) is 4.98 Å². The number of hydrogen-bond acceptors (Lipinski definition) is 1. The number of nitrogens with zero attached hydrogens (tertiary/aromatic N) is 1. The molecule has 18 heavy (non-hydrogen) atoms. The number of rotatable bonds is 2. The third kappa shape index (κ3) is 1.53. The number of fused-ring (bicyclic) bond motifs is 1. The SMILES string of the molecule is CC(C)(C1CC1)n1c(=S)[nH]c2ccc(F)c(F)c21. The zero-order chi connectivity index (χ0) is 13.1. The molecule has 2 aromatic rings. The maximum atomic E-state index is 14.0. The van der Waals surface area contributed by atoms with Crippen molar-refractivity contribution in [1.29, 1.82) is 0 Å². The molecule has 0 saturated heterocycles. The summed E-state index contributed by atoms with van der Waals surface area (Å²) in [5.74, 6) is -1.18. The van der Waals surface area contributed by atoms with E-state index >= 15 is 0 Å². The number of imidazole rings is 1. The highest BCUT2D eigenvalue weighted by Crippen LogP contribution is 2.45. The summed E-state index contributed by atoms with van der Waals surface area (Å²) in [4.78, 5) is 2.95. The predicted octanol–water partition coefficient (Wildman–Crippen LogP) is 4.12. The summed E-state index contributed by atoms with van der Waals surface area (Å²) >= 11 is 5.27. The molecule has 3 rings (SSSR count). The lowest BCUT2D eigenvalue weighted by Gasteiger charge is -2.27. The van der Waals surface area contributed by atoms with Crippen LogP contribution in [-0.2, 0) is 5.54 Å². The highest BCUT2D eigenvalue weighted by molar-refractivity contribution is 7.71. The van der Waals surface area contributed by atoms with Crippen molar-refractivity contribution in [2.45, 2.75) is 32.2 Å². The Morgan fingerprint density at radius 1 is 1.33 bits per heavy atom. The van der Waals surface area contributed by atoms with Crippen molar-refractivity contribution in [3.63, 3.8) is 0 Å². The van der Waals surface area contributed by atoms with E-state index in [0.717, 1.165) is 18.9 Å². The van der Waals surface area contributed by atoms with E-state index in [4.69, 9.17) is 12.2 Å². The van der Waals surface area contributed by atoms with Crippen molar-refractivity contribution < 1.29 is 8.78 Å². The molecular weight excluding hydrogens is 254 g/mol. The summed E-state index contributed by atoms with van der Waals surface area (Å²) in [6, 6.07) is 2.65. The van der Waals surface area contributed by atoms with Crippen LogP contribution in [0.4, 0.5) is 8.78 Å². The Morgan fingerprint density at radius 3 is 2.61 bits per heavy atom. The zero-order valence-corrected chi connectivity index (χ0v) is 11.1. The topological polar surface area (TPSA) is 20.7 Å². The molecule has 1 aliphatic rings. The maximum absolute atomic E-state index is 14.0. The van der Waals surface area contributed by atoms with Gasteiger partial charge in [-0.05, 0) is 57.0 Å². The first-order chi connectivity index (χ1) is 8.43. The van der Waals surface area contributed by atoms with Crippen LogP contribution in [0.15, 0.2) is 12.1 Å². The summed E-state index contributed by atoms with van der Waals surface area (Å²) in [6.45, 7) is 4.05. The molecule has 1 heterocycles. The van der Waals surface area contributed by atoms with Gasteiger partial charge >= 0.3 is 0 Å². The van der Waals surface area contributed by atoms with E-state index in [9.17, 15) is 8.78 Å². The number of nitrogens with one attached hydrogen (secondary N) is 1. The third-order valence-electron chi connectivity index (χ3n) is 3.89. The number of aromatic nitrogens is 2. The molecule has 0 unspecified atom stereocenters. The number of halogens is 2. The van der Waals surface area contributed by atoms with Gasteiger partial charge in [0.25, 0.3) is 0 Å². The van der Waals surface area contributed by atoms with Crippen molar-refractivity contribution in [1.82, 2.24) is 9.55 Å². The van der Waals surface area contributed by atoms with Gasteiger partial charge in [0.2, 0.25) is 0 Å². The lowest BCUT2D eigenvalue weighted by Crippen LogP contribution is -2.29. The average Bonchev–Trinajstić information content (AvgIpc) is 3.08. The van der Waals surface area contributed by atoms with E-state index in [-0.39, 0.29) is 11.1 Å². The Labute approximate surface area is 109 Å². The van der Waals surface area contributed by atoms with Gasteiger partial charge in [0.05, 0.1) is 5.52 Å². The molecule has 5 heteroatoms. The standard InChI is InChI=1S/C13H14F2N2S/c1-13(2,7-3-4-7)17-11-9(16-12(17)18)6-5-8(14)10(11)15/h5-7H,3-4H2,1-2H3,(H,16,18). The normalized spacial score (nSPS) is 16.4. The Kier molecular flexibility index (Phi) is 2.39. The quantitative estimate of drug-likeness (QED) is 0.812. The van der Waals surface area contributed by atoms with E-state index in [1.165, 1.54) is 6.07 Å². The van der Waals surface area contributed by atoms with E-state index in [1.807, 2.05) is 13.8 Å². The average molecular weight is 268 g/mol. The lowest BCUT2D eigenvalue weighted by atomic mass is 9.98. The van der Waals surface area contributed by atoms with Crippen LogP contribution in [0.25, 0.3) is 11.0 Å². The summed E-state index contributed by atoms with van der Waals surface area (Å²) in [6.07, 6.45) is 2.22. The fraction of sp³-hybridized carbons (Fsp3) is 0.462. The van der Waals surface area contributed by atoms with Gasteiger partial charge in [0.15, 0.2) is 16.4 Å². The highest BCUT2D eigenvalue weighted by atomic mass is 32.1. The van der Waals surface area contributed by atoms with Crippen LogP contribution in [0.5, 0.6) is 0 Å². The van der Waals surface area contributed by atoms with Gasteiger partial charge < -0.3 is 9.55 Å². The van der Waals surface area contributed by atoms with Gasteiger partial charge in [-0.1, -0.05) is 0 Å². The molecule has 0 bridgehead atoms. The van der Waals surface area contributed by atoms with Gasteiger partial charge in [-0.2, -0.15) is 0 Å². The minimum Gasteiger partial charge on any atom is -0.330 e. The summed E-state index contributed by atoms with van der Waals surface area (Å²) in [5.41, 5.74) is 0.508. The molecule has 2 nitrogen and oxygen atoms in total. The Hall–Kier alpha value is -1.23. The van der Waals surface area contributed by atoms with Crippen molar-refractivity contribution >= 4 is 23.3 Å². The molecule has 1 aromatic heterocycles. The fourth-order valence-corrected chi connectivity index (χ4v) is 3.09. The summed E-state index contributed by atoms with van der Waals surface area (Å²) < 4.78 is 29.6. The fourth-order valence-electron chi connectivity index (χ4n) is 2.65. The molecule has 96 valence electrons. The van der Waals surface area contributed by atoms with E-state index in [0.29, 0.717) is 16.2 Å². The maximum Gasteiger partial charge on any atom is 0.184 e. The molecule has 0 aliphatic heterocycles. The first-order valence-electron chi connectivity index (χ1n) is 6.02. The van der Waals surface area contributed by atoms with Crippen molar-refractivity contribution in [2.24, 2.45) is 5.92 Å². The lowest BCUT2D eigenvalue weighted by molar-refractivity contribution is 0.307. The minimum absolute atomic E-state index is 0.247. The number of hydrogen-bond donors (Lipinski definition) is 1. The Balaban J connectivity index is 2.37. The molecule has 0 atom stereocenters. The van der Waals surface area contributed by atoms with E-state index < -0.39 is 11.6 Å². The molecule has 1 fully saturated rings. The molecule has 1 saturated carbocycles. The second kappa shape index (κ2) is 3.63. The van der Waals surface area contributed by atoms with Crippen molar-refractivity contribution in [3.8, 4) is 0 Å². The first-order valence-corrected chi connectivity index (χ1v) is 6.43. The molecule has 1 aliphatic carbocycles. The molecular formula is C13H14F2N2S. The largest absolute Gasteiger partial charge is 0.330 e. The van der Waals surface area contributed by atoms with Crippen LogP contribution in [0.1, 0.15) is 26.7 Å². The van der Waals surface area contributed by atoms with E-state index in [1.54, 1.807) is 4.57 Å². The summed E-state index contributed by atoms with van der Waals surface area (Å²) in [5, 5.41) is 0. The van der Waals surface area contributed by atoms with Crippen LogP contribution in [0.3, 0.4) is 0 Å². The van der Waals surface area contributed by atoms with Crippen LogP contribution in [0.2, 0.25) is 0 Å². The van der Waals surface area contributed by atoms with Crippen molar-refractivity contribution in [3.05, 3.63) is 28.5 Å². The predicted molar refractivity (Wildman–Crippen MR) is 69.1 cm³/mol. The van der Waals surface area contributed by atoms with Crippen LogP contribution >= 0.6 is 12.2 Å². The highest BCUT2D eigenvalue weighted by Gasteiger charge is 2.40. The van der Waals surface area contributed by atoms with Crippen LogP contribution in [-0.4, -0.2) is 9.55 Å². The Morgan fingerprint density at radius 2 is 2.00 bits per heavy atom. The van der Waals surface area contributed by atoms with Gasteiger partial charge in [0.1, 0.15) is 5.52 Å². The number of benzene rings is 1. The number of aromatic amines is 1. The number of H-pyrrole nitrogens is 1. The molecule has 0 radical (unpaired) electrons. The van der Waals surface area contributed by atoms with Crippen LogP contribution < -0.4 is 0 Å². The molecule has 0 amide bonds. The molecule has 1 aromatic carbocycles. The van der Waals surface area contributed by atoms with Crippen molar-refractivity contribution in [2.75, 3.05) is 0 Å². The van der Waals surface area contributed by atoms with Gasteiger partial charge in [0, 0.05) is 5.54 Å².